The van der Waals surface area contributed by atoms with Gasteiger partial charge in [-0.15, -0.1) is 0 Å². The fourth-order valence-electron chi connectivity index (χ4n) is 8.79. The Morgan fingerprint density at radius 3 is 0.918 bits per heavy atom. The predicted molar refractivity (Wildman–Crippen MR) is 241 cm³/mol. The van der Waals surface area contributed by atoms with E-state index in [0.29, 0.717) is 0 Å². The Morgan fingerprint density at radius 1 is 0.367 bits per heavy atom. The Hall–Kier alpha value is 1.21. The molecule has 0 amide bonds. The molecule has 5 heteroatoms. The summed E-state index contributed by atoms with van der Waals surface area (Å²) in [6.45, 7) is 19.5. The molecule has 0 aliphatic heterocycles. The molecule has 2 aromatic heterocycles. The molecular formula is C44H84S2SiSn2. The van der Waals surface area contributed by atoms with Crippen LogP contribution in [0.4, 0.5) is 0 Å². The van der Waals surface area contributed by atoms with E-state index in [9.17, 15) is 0 Å². The van der Waals surface area contributed by atoms with E-state index in [1.54, 1.807) is 26.6 Å². The van der Waals surface area contributed by atoms with Crippen LogP contribution in [0.3, 0.4) is 0 Å². The first-order valence-corrected chi connectivity index (χ1v) is 41.1. The van der Waals surface area contributed by atoms with Gasteiger partial charge < -0.3 is 0 Å². The molecular weight excluding hydrogens is 858 g/mol. The molecule has 0 unspecified atom stereocenters. The molecule has 0 atom stereocenters. The predicted octanol–water partition coefficient (Wildman–Crippen LogP) is 14.6. The van der Waals surface area contributed by atoms with Crippen LogP contribution < -0.4 is 14.8 Å². The van der Waals surface area contributed by atoms with Gasteiger partial charge in [0.15, 0.2) is 0 Å². The van der Waals surface area contributed by atoms with Crippen molar-refractivity contribution in [2.24, 2.45) is 0 Å². The molecule has 0 bridgehead atoms. The van der Waals surface area contributed by atoms with Crippen molar-refractivity contribution in [2.45, 2.75) is 223 Å². The van der Waals surface area contributed by atoms with Gasteiger partial charge in [0.05, 0.1) is 0 Å². The molecule has 2 rings (SSSR count). The first kappa shape index (κ1) is 46.4. The van der Waals surface area contributed by atoms with Crippen molar-refractivity contribution < 1.29 is 0 Å². The van der Waals surface area contributed by atoms with Gasteiger partial charge in [0.25, 0.3) is 0 Å². The molecule has 2 aromatic rings. The first-order chi connectivity index (χ1) is 23.9. The van der Waals surface area contributed by atoms with Gasteiger partial charge in [-0.1, -0.05) is 0 Å². The average molecular weight is 943 g/mol. The second kappa shape index (κ2) is 26.9. The van der Waals surface area contributed by atoms with Crippen LogP contribution in [0.2, 0.25) is 38.7 Å². The van der Waals surface area contributed by atoms with Gasteiger partial charge in [0, 0.05) is 0 Å². The molecule has 0 radical (unpaired) electrons. The van der Waals surface area contributed by atoms with Gasteiger partial charge in [-0.2, -0.15) is 0 Å². The Bertz CT molecular complexity index is 947. The van der Waals surface area contributed by atoms with Crippen molar-refractivity contribution in [3.63, 3.8) is 0 Å². The zero-order chi connectivity index (χ0) is 35.9. The van der Waals surface area contributed by atoms with E-state index < -0.39 is 44.8 Å². The maximum absolute atomic E-state index is 2.81. The second-order valence-corrected chi connectivity index (χ2v) is 51.7. The molecule has 0 spiro atoms. The molecule has 0 fully saturated rings. The van der Waals surface area contributed by atoms with E-state index in [1.807, 2.05) is 14.8 Å². The Morgan fingerprint density at radius 2 is 0.653 bits per heavy atom. The van der Waals surface area contributed by atoms with E-state index >= 15 is 0 Å². The third kappa shape index (κ3) is 14.4. The van der Waals surface area contributed by atoms with Crippen LogP contribution in [0.1, 0.15) is 184 Å². The molecule has 2 heterocycles. The SMILES string of the molecule is CCCCCC[Si](CCCCCC)(c1cc[c]([Sn]([CH2]CCC)([CH2]CCC)[CH2]CCC)s1)c1cc[c]([Sn]([CH2]CCC)([CH2]CCC)[CH2]CCC)s1. The molecule has 0 aliphatic carbocycles. The summed E-state index contributed by atoms with van der Waals surface area (Å²) in [5.74, 6) is 0. The van der Waals surface area contributed by atoms with Crippen LogP contribution in [0.25, 0.3) is 0 Å². The van der Waals surface area contributed by atoms with Gasteiger partial charge >= 0.3 is 329 Å². The van der Waals surface area contributed by atoms with Gasteiger partial charge in [-0.25, -0.2) is 0 Å². The Labute approximate surface area is 326 Å². The van der Waals surface area contributed by atoms with E-state index in [4.69, 9.17) is 0 Å². The molecule has 0 aliphatic rings. The van der Waals surface area contributed by atoms with Gasteiger partial charge in [-0.3, -0.25) is 0 Å². The standard InChI is InChI=1S/C20H30S2Si.6C4H9.2Sn/c1-3-5-7-9-17-23(18-10-8-6-4-2,19-13-11-15-21-19)20-14-12-16-22-20;6*1-3-4-2;;/h11-14H,3-10,17-18H2,1-2H3;6*1,3-4H2,2H3;;. The summed E-state index contributed by atoms with van der Waals surface area (Å²) in [6, 6.07) is 14.3. The van der Waals surface area contributed by atoms with E-state index in [2.05, 4.69) is 102 Å². The van der Waals surface area contributed by atoms with Crippen molar-refractivity contribution in [1.82, 2.24) is 0 Å². The van der Waals surface area contributed by atoms with Crippen molar-refractivity contribution in [1.29, 1.82) is 0 Å². The van der Waals surface area contributed by atoms with Crippen molar-refractivity contribution in [3.05, 3.63) is 24.3 Å². The zero-order valence-corrected chi connectivity index (χ0v) is 42.8. The summed E-state index contributed by atoms with van der Waals surface area (Å²) in [5.41, 5.74) is 0. The third-order valence-electron chi connectivity index (χ3n) is 12.2. The second-order valence-electron chi connectivity index (χ2n) is 16.2. The minimum atomic E-state index is -2.47. The van der Waals surface area contributed by atoms with Gasteiger partial charge in [-0.05, 0) is 0 Å². The Kier molecular flexibility index (Phi) is 25.5. The summed E-state index contributed by atoms with van der Waals surface area (Å²) in [5, 5.41) is 0. The summed E-state index contributed by atoms with van der Waals surface area (Å²) < 4.78 is 17.5. The fourth-order valence-corrected chi connectivity index (χ4v) is 58.6. The molecule has 0 N–H and O–H groups in total. The number of hydrogen-bond acceptors (Lipinski definition) is 2. The van der Waals surface area contributed by atoms with Gasteiger partial charge in [0.1, 0.15) is 0 Å². The van der Waals surface area contributed by atoms with Crippen LogP contribution in [0.5, 0.6) is 0 Å². The van der Waals surface area contributed by atoms with Crippen LogP contribution in [0.15, 0.2) is 24.3 Å². The number of thiophene rings is 2. The van der Waals surface area contributed by atoms with Crippen molar-refractivity contribution >= 4 is 82.3 Å². The fraction of sp³-hybridized carbons (Fsp3) is 0.818. The summed E-state index contributed by atoms with van der Waals surface area (Å²) in [7, 11) is -1.85. The van der Waals surface area contributed by atoms with Crippen LogP contribution in [-0.4, -0.2) is 44.8 Å². The van der Waals surface area contributed by atoms with Crippen LogP contribution in [0, 0.1) is 0 Å². The van der Waals surface area contributed by atoms with E-state index in [1.165, 1.54) is 141 Å². The zero-order valence-electron chi connectivity index (χ0n) is 34.4. The van der Waals surface area contributed by atoms with E-state index in [-0.39, 0.29) is 0 Å². The Balaban J connectivity index is 2.80. The van der Waals surface area contributed by atoms with E-state index in [0.717, 1.165) is 0 Å². The normalized spacial score (nSPS) is 12.7. The first-order valence-electron chi connectivity index (χ1n) is 22.1. The molecule has 0 saturated carbocycles. The summed E-state index contributed by atoms with van der Waals surface area (Å²) in [6.07, 6.45) is 28.5. The molecule has 284 valence electrons. The van der Waals surface area contributed by atoms with Crippen molar-refractivity contribution in [2.75, 3.05) is 0 Å². The topological polar surface area (TPSA) is 0 Å². The van der Waals surface area contributed by atoms with Gasteiger partial charge in [0.2, 0.25) is 0 Å². The number of unbranched alkanes of at least 4 members (excludes halogenated alkanes) is 12. The maximum atomic E-state index is 2.81. The number of rotatable bonds is 32. The molecule has 0 aromatic carbocycles. The summed E-state index contributed by atoms with van der Waals surface area (Å²) >= 11 is -0.0243. The molecule has 0 saturated heterocycles. The van der Waals surface area contributed by atoms with Crippen LogP contribution in [-0.2, 0) is 0 Å². The van der Waals surface area contributed by atoms with Crippen molar-refractivity contribution in [3.8, 4) is 0 Å². The monoisotopic (exact) mass is 944 g/mol. The third-order valence-corrected chi connectivity index (χ3v) is 58.1. The summed E-state index contributed by atoms with van der Waals surface area (Å²) in [4.78, 5) is 0. The average Bonchev–Trinajstić information content (AvgIpc) is 3.84. The van der Waals surface area contributed by atoms with Crippen LogP contribution >= 0.6 is 22.7 Å². The quantitative estimate of drug-likeness (QED) is 0.0506. The minimum absolute atomic E-state index is 1.35. The molecule has 49 heavy (non-hydrogen) atoms. The molecule has 0 nitrogen and oxygen atoms in total. The number of hydrogen-bond donors (Lipinski definition) is 0.